The number of anilines is 1. The molecular formula is C17H18ClN5O. The molecule has 1 fully saturated rings. The molecule has 3 aromatic rings. The Morgan fingerprint density at radius 3 is 2.62 bits per heavy atom. The molecule has 0 spiro atoms. The number of rotatable bonds is 3. The van der Waals surface area contributed by atoms with E-state index in [-0.39, 0.29) is 5.92 Å². The zero-order valence-electron chi connectivity index (χ0n) is 13.1. The van der Waals surface area contributed by atoms with Crippen molar-refractivity contribution in [3.8, 4) is 0 Å². The number of aliphatic hydroxyl groups excluding tert-OH is 1. The van der Waals surface area contributed by atoms with Gasteiger partial charge in [0.15, 0.2) is 11.5 Å². The normalized spacial score (nSPS) is 17.3. The van der Waals surface area contributed by atoms with Crippen LogP contribution in [0.2, 0.25) is 5.02 Å². The average molecular weight is 344 g/mol. The van der Waals surface area contributed by atoms with Crippen LogP contribution in [0.1, 0.15) is 24.5 Å². The molecule has 0 amide bonds. The topological polar surface area (TPSA) is 77.9 Å². The van der Waals surface area contributed by atoms with Gasteiger partial charge in [-0.25, -0.2) is 15.0 Å². The summed E-state index contributed by atoms with van der Waals surface area (Å²) in [6.07, 6.45) is 4.54. The second-order valence-electron chi connectivity index (χ2n) is 6.12. The number of hydrogen-bond acceptors (Lipinski definition) is 5. The highest BCUT2D eigenvalue weighted by Crippen LogP contribution is 2.33. The third-order valence-corrected chi connectivity index (χ3v) is 4.95. The number of imidazole rings is 1. The quantitative estimate of drug-likeness (QED) is 0.764. The lowest BCUT2D eigenvalue weighted by molar-refractivity contribution is 0.0929. The minimum absolute atomic E-state index is 0.238. The Morgan fingerprint density at radius 2 is 1.88 bits per heavy atom. The highest BCUT2D eigenvalue weighted by molar-refractivity contribution is 6.30. The van der Waals surface area contributed by atoms with Crippen molar-refractivity contribution in [2.75, 3.05) is 18.0 Å². The Kier molecular flexibility index (Phi) is 4.08. The molecule has 0 bridgehead atoms. The first kappa shape index (κ1) is 15.4. The van der Waals surface area contributed by atoms with Gasteiger partial charge in [0.2, 0.25) is 0 Å². The average Bonchev–Trinajstić information content (AvgIpc) is 3.11. The van der Waals surface area contributed by atoms with E-state index in [0.29, 0.717) is 10.7 Å². The molecule has 0 radical (unpaired) electrons. The molecule has 1 aliphatic rings. The number of nitrogens with one attached hydrogen (secondary N) is 1. The summed E-state index contributed by atoms with van der Waals surface area (Å²) in [5.41, 5.74) is 2.48. The predicted octanol–water partition coefficient (Wildman–Crippen LogP) is 2.96. The second-order valence-corrected chi connectivity index (χ2v) is 6.56. The van der Waals surface area contributed by atoms with Crippen LogP contribution < -0.4 is 4.90 Å². The van der Waals surface area contributed by atoms with Gasteiger partial charge in [-0.05, 0) is 36.5 Å². The minimum Gasteiger partial charge on any atom is -0.388 e. The SMILES string of the molecule is OC(c1ccc(Cl)cc1)C1CCN(c2ncnc3nc[nH]c23)CC1. The van der Waals surface area contributed by atoms with E-state index in [1.54, 1.807) is 12.7 Å². The van der Waals surface area contributed by atoms with Crippen LogP contribution in [-0.2, 0) is 0 Å². The molecule has 1 unspecified atom stereocenters. The van der Waals surface area contributed by atoms with Gasteiger partial charge >= 0.3 is 0 Å². The maximum atomic E-state index is 10.6. The molecule has 1 aliphatic heterocycles. The Balaban J connectivity index is 1.47. The number of piperidine rings is 1. The summed E-state index contributed by atoms with van der Waals surface area (Å²) < 4.78 is 0. The highest BCUT2D eigenvalue weighted by atomic mass is 35.5. The van der Waals surface area contributed by atoms with Crippen molar-refractivity contribution in [3.05, 3.63) is 47.5 Å². The molecule has 1 atom stereocenters. The maximum Gasteiger partial charge on any atom is 0.182 e. The first-order valence-electron chi connectivity index (χ1n) is 8.05. The van der Waals surface area contributed by atoms with Crippen LogP contribution in [0.25, 0.3) is 11.2 Å². The van der Waals surface area contributed by atoms with Gasteiger partial charge in [0.25, 0.3) is 0 Å². The van der Waals surface area contributed by atoms with Crippen molar-refractivity contribution in [1.82, 2.24) is 19.9 Å². The largest absolute Gasteiger partial charge is 0.388 e. The van der Waals surface area contributed by atoms with Crippen LogP contribution in [0, 0.1) is 5.92 Å². The van der Waals surface area contributed by atoms with Crippen LogP contribution in [0.3, 0.4) is 0 Å². The van der Waals surface area contributed by atoms with Gasteiger partial charge < -0.3 is 15.0 Å². The zero-order valence-corrected chi connectivity index (χ0v) is 13.8. The highest BCUT2D eigenvalue weighted by Gasteiger charge is 2.27. The number of aromatic amines is 1. The van der Waals surface area contributed by atoms with Gasteiger partial charge in [0.1, 0.15) is 11.8 Å². The summed E-state index contributed by atoms with van der Waals surface area (Å²) in [5.74, 6) is 1.12. The molecule has 7 heteroatoms. The van der Waals surface area contributed by atoms with Gasteiger partial charge in [0.05, 0.1) is 12.4 Å². The number of H-pyrrole nitrogens is 1. The smallest absolute Gasteiger partial charge is 0.182 e. The van der Waals surface area contributed by atoms with Crippen LogP contribution in [-0.4, -0.2) is 38.1 Å². The Bertz CT molecular complexity index is 826. The zero-order chi connectivity index (χ0) is 16.5. The molecule has 0 aliphatic carbocycles. The van der Waals surface area contributed by atoms with Crippen molar-refractivity contribution < 1.29 is 5.11 Å². The Morgan fingerprint density at radius 1 is 1.12 bits per heavy atom. The molecular weight excluding hydrogens is 326 g/mol. The summed E-state index contributed by atoms with van der Waals surface area (Å²) in [6.45, 7) is 1.70. The van der Waals surface area contributed by atoms with Gasteiger partial charge in [0, 0.05) is 18.1 Å². The van der Waals surface area contributed by atoms with Crippen molar-refractivity contribution in [2.24, 2.45) is 5.92 Å². The van der Waals surface area contributed by atoms with Crippen molar-refractivity contribution in [3.63, 3.8) is 0 Å². The van der Waals surface area contributed by atoms with E-state index in [1.165, 1.54) is 0 Å². The van der Waals surface area contributed by atoms with Crippen LogP contribution in [0.15, 0.2) is 36.9 Å². The lowest BCUT2D eigenvalue weighted by Crippen LogP contribution is -2.36. The first-order chi connectivity index (χ1) is 11.7. The fourth-order valence-corrected chi connectivity index (χ4v) is 3.48. The fourth-order valence-electron chi connectivity index (χ4n) is 3.35. The second kappa shape index (κ2) is 6.37. The third-order valence-electron chi connectivity index (χ3n) is 4.70. The Hall–Kier alpha value is -2.18. The lowest BCUT2D eigenvalue weighted by Gasteiger charge is -2.35. The van der Waals surface area contributed by atoms with Gasteiger partial charge in [-0.1, -0.05) is 23.7 Å². The third kappa shape index (κ3) is 2.83. The van der Waals surface area contributed by atoms with Gasteiger partial charge in [-0.15, -0.1) is 0 Å². The van der Waals surface area contributed by atoms with Crippen LogP contribution in [0.5, 0.6) is 0 Å². The summed E-state index contributed by atoms with van der Waals surface area (Å²) >= 11 is 5.92. The number of hydrogen-bond donors (Lipinski definition) is 2. The summed E-state index contributed by atoms with van der Waals surface area (Å²) in [7, 11) is 0. The molecule has 3 heterocycles. The first-order valence-corrected chi connectivity index (χ1v) is 8.43. The number of benzene rings is 1. The van der Waals surface area contributed by atoms with E-state index in [2.05, 4.69) is 24.8 Å². The fraction of sp³-hybridized carbons (Fsp3) is 0.353. The molecule has 1 saturated heterocycles. The van der Waals surface area contributed by atoms with Gasteiger partial charge in [-0.3, -0.25) is 0 Å². The molecule has 0 saturated carbocycles. The summed E-state index contributed by atoms with van der Waals surface area (Å²) in [5, 5.41) is 11.3. The number of halogens is 1. The van der Waals surface area contributed by atoms with Crippen molar-refractivity contribution in [2.45, 2.75) is 18.9 Å². The van der Waals surface area contributed by atoms with Crippen LogP contribution >= 0.6 is 11.6 Å². The molecule has 6 nitrogen and oxygen atoms in total. The van der Waals surface area contributed by atoms with E-state index < -0.39 is 6.10 Å². The number of aromatic nitrogens is 4. The maximum absolute atomic E-state index is 10.6. The number of fused-ring (bicyclic) bond motifs is 1. The minimum atomic E-state index is -0.456. The van der Waals surface area contributed by atoms with Crippen molar-refractivity contribution in [1.29, 1.82) is 0 Å². The molecule has 4 rings (SSSR count). The summed E-state index contributed by atoms with van der Waals surface area (Å²) in [4.78, 5) is 18.1. The Labute approximate surface area is 144 Å². The standard InChI is InChI=1S/C17H18ClN5O/c18-13-3-1-11(2-4-13)15(24)12-5-7-23(8-6-12)17-14-16(20-9-19-14)21-10-22-17/h1-4,9-10,12,15,24H,5-8H2,(H,19,20,21,22). The van der Waals surface area contributed by atoms with Gasteiger partial charge in [-0.2, -0.15) is 0 Å². The summed E-state index contributed by atoms with van der Waals surface area (Å²) in [6, 6.07) is 7.45. The van der Waals surface area contributed by atoms with E-state index >= 15 is 0 Å². The molecule has 2 aromatic heterocycles. The van der Waals surface area contributed by atoms with E-state index in [9.17, 15) is 5.11 Å². The molecule has 24 heavy (non-hydrogen) atoms. The molecule has 1 aromatic carbocycles. The monoisotopic (exact) mass is 343 g/mol. The molecule has 2 N–H and O–H groups in total. The number of aliphatic hydroxyl groups is 1. The predicted molar refractivity (Wildman–Crippen MR) is 93.0 cm³/mol. The number of nitrogens with zero attached hydrogens (tertiary/aromatic N) is 4. The van der Waals surface area contributed by atoms with Crippen molar-refractivity contribution >= 4 is 28.6 Å². The van der Waals surface area contributed by atoms with E-state index in [0.717, 1.165) is 42.8 Å². The molecule has 124 valence electrons. The van der Waals surface area contributed by atoms with Crippen LogP contribution in [0.4, 0.5) is 5.82 Å². The van der Waals surface area contributed by atoms with E-state index in [1.807, 2.05) is 24.3 Å². The van der Waals surface area contributed by atoms with E-state index in [4.69, 9.17) is 11.6 Å². The lowest BCUT2D eigenvalue weighted by atomic mass is 9.87.